The number of carbonyl (C=O) groups excluding carboxylic acids is 2. The molecule has 0 aromatic carbocycles. The Labute approximate surface area is 146 Å². The molecule has 0 bridgehead atoms. The van der Waals surface area contributed by atoms with Crippen molar-refractivity contribution in [2.75, 3.05) is 6.61 Å². The summed E-state index contributed by atoms with van der Waals surface area (Å²) in [4.78, 5) is 27.5. The summed E-state index contributed by atoms with van der Waals surface area (Å²) in [5, 5.41) is 2.95. The van der Waals surface area contributed by atoms with Crippen molar-refractivity contribution < 1.29 is 14.3 Å². The lowest BCUT2D eigenvalue weighted by Crippen LogP contribution is -2.57. The van der Waals surface area contributed by atoms with E-state index in [0.717, 1.165) is 25.7 Å². The predicted octanol–water partition coefficient (Wildman–Crippen LogP) is 3.08. The molecule has 1 N–H and O–H groups in total. The normalized spacial score (nSPS) is 30.9. The topological polar surface area (TPSA) is 58.6 Å². The van der Waals surface area contributed by atoms with E-state index in [1.807, 2.05) is 13.8 Å². The Kier molecular flexibility index (Phi) is 5.63. The fourth-order valence-electron chi connectivity index (χ4n) is 3.77. The molecule has 1 aliphatic heterocycles. The molecule has 0 aromatic rings. The third-order valence-corrected chi connectivity index (χ3v) is 5.00. The van der Waals surface area contributed by atoms with Gasteiger partial charge in [-0.15, -0.1) is 0 Å². The molecule has 2 fully saturated rings. The Morgan fingerprint density at radius 3 is 2.33 bits per heavy atom. The summed E-state index contributed by atoms with van der Waals surface area (Å²) in [6, 6.07) is -0.448. The van der Waals surface area contributed by atoms with Crippen molar-refractivity contribution >= 4 is 11.8 Å². The van der Waals surface area contributed by atoms with Crippen LogP contribution in [0.1, 0.15) is 73.6 Å². The second-order valence-electron chi connectivity index (χ2n) is 9.12. The van der Waals surface area contributed by atoms with Gasteiger partial charge in [0, 0.05) is 12.5 Å². The monoisotopic (exact) mass is 338 g/mol. The molecule has 5 heteroatoms. The number of ether oxygens (including phenoxy) is 1. The maximum Gasteiger partial charge on any atom is 0.245 e. The molecule has 0 unspecified atom stereocenters. The first-order valence-corrected chi connectivity index (χ1v) is 9.30. The minimum atomic E-state index is -0.576. The molecule has 1 spiro atoms. The number of carbonyl (C=O) groups is 2. The van der Waals surface area contributed by atoms with Gasteiger partial charge in [-0.3, -0.25) is 14.5 Å². The second kappa shape index (κ2) is 7.03. The van der Waals surface area contributed by atoms with E-state index in [0.29, 0.717) is 18.9 Å². The number of hydrogen-bond donors (Lipinski definition) is 1. The summed E-state index contributed by atoms with van der Waals surface area (Å²) < 4.78 is 6.14. The van der Waals surface area contributed by atoms with Crippen LogP contribution in [-0.4, -0.2) is 41.1 Å². The van der Waals surface area contributed by atoms with Crippen LogP contribution < -0.4 is 5.32 Å². The standard InChI is InChI=1S/C19H34N2O3/c1-13(2)20-17(23)15-12-24-19(9-7-14(3)8-10-19)21(15)16(22)11-18(4,5)6/h13-15H,7-12H2,1-6H3,(H,20,23)/t14?,15-,19?/m1/s1. The lowest BCUT2D eigenvalue weighted by Gasteiger charge is -2.43. The van der Waals surface area contributed by atoms with Gasteiger partial charge in [0.25, 0.3) is 0 Å². The highest BCUT2D eigenvalue weighted by atomic mass is 16.5. The summed E-state index contributed by atoms with van der Waals surface area (Å²) in [6.07, 6.45) is 4.17. The van der Waals surface area contributed by atoms with Crippen molar-refractivity contribution in [3.8, 4) is 0 Å². The van der Waals surface area contributed by atoms with E-state index in [-0.39, 0.29) is 23.3 Å². The van der Waals surface area contributed by atoms with Gasteiger partial charge in [-0.05, 0) is 50.9 Å². The summed E-state index contributed by atoms with van der Waals surface area (Å²) in [6.45, 7) is 12.6. The van der Waals surface area contributed by atoms with Crippen LogP contribution in [0.25, 0.3) is 0 Å². The Hall–Kier alpha value is -1.10. The molecule has 1 saturated carbocycles. The van der Waals surface area contributed by atoms with Gasteiger partial charge in [-0.1, -0.05) is 27.7 Å². The van der Waals surface area contributed by atoms with Crippen molar-refractivity contribution in [3.63, 3.8) is 0 Å². The maximum absolute atomic E-state index is 13.1. The largest absolute Gasteiger partial charge is 0.353 e. The van der Waals surface area contributed by atoms with Gasteiger partial charge in [-0.25, -0.2) is 0 Å². The highest BCUT2D eigenvalue weighted by Crippen LogP contribution is 2.43. The van der Waals surface area contributed by atoms with Crippen molar-refractivity contribution in [3.05, 3.63) is 0 Å². The van der Waals surface area contributed by atoms with Crippen LogP contribution in [0.4, 0.5) is 0 Å². The molecule has 1 heterocycles. The van der Waals surface area contributed by atoms with Crippen LogP contribution in [0.2, 0.25) is 0 Å². The van der Waals surface area contributed by atoms with Crippen molar-refractivity contribution in [1.82, 2.24) is 10.2 Å². The third kappa shape index (κ3) is 4.29. The zero-order valence-electron chi connectivity index (χ0n) is 16.1. The molecule has 2 rings (SSSR count). The highest BCUT2D eigenvalue weighted by molar-refractivity contribution is 5.89. The van der Waals surface area contributed by atoms with Gasteiger partial charge in [0.05, 0.1) is 6.61 Å². The minimum absolute atomic E-state index is 0.0402. The SMILES string of the molecule is CC1CCC2(CC1)OC[C@H](C(=O)NC(C)C)N2C(=O)CC(C)(C)C. The van der Waals surface area contributed by atoms with Gasteiger partial charge in [0.2, 0.25) is 11.8 Å². The van der Waals surface area contributed by atoms with Crippen LogP contribution in [-0.2, 0) is 14.3 Å². The van der Waals surface area contributed by atoms with Gasteiger partial charge in [0.15, 0.2) is 0 Å². The Morgan fingerprint density at radius 1 is 1.25 bits per heavy atom. The number of hydrogen-bond acceptors (Lipinski definition) is 3. The molecular weight excluding hydrogens is 304 g/mol. The zero-order chi connectivity index (χ0) is 18.1. The molecular formula is C19H34N2O3. The van der Waals surface area contributed by atoms with E-state index in [1.54, 1.807) is 4.90 Å². The molecule has 0 aromatic heterocycles. The van der Waals surface area contributed by atoms with Crippen LogP contribution in [0.3, 0.4) is 0 Å². The smallest absolute Gasteiger partial charge is 0.245 e. The Bertz CT molecular complexity index is 473. The van der Waals surface area contributed by atoms with Crippen LogP contribution in [0.15, 0.2) is 0 Å². The number of nitrogens with one attached hydrogen (secondary N) is 1. The molecule has 1 aliphatic carbocycles. The number of nitrogens with zero attached hydrogens (tertiary/aromatic N) is 1. The summed E-state index contributed by atoms with van der Waals surface area (Å²) in [5.74, 6) is 0.601. The summed E-state index contributed by atoms with van der Waals surface area (Å²) in [5.41, 5.74) is -0.685. The molecule has 24 heavy (non-hydrogen) atoms. The van der Waals surface area contributed by atoms with Crippen LogP contribution in [0.5, 0.6) is 0 Å². The van der Waals surface area contributed by atoms with Gasteiger partial charge >= 0.3 is 0 Å². The molecule has 138 valence electrons. The first-order chi connectivity index (χ1) is 11.0. The number of amides is 2. The average Bonchev–Trinajstić information content (AvgIpc) is 2.79. The molecule has 0 radical (unpaired) electrons. The zero-order valence-corrected chi connectivity index (χ0v) is 16.1. The number of rotatable bonds is 3. The molecule has 2 amide bonds. The van der Waals surface area contributed by atoms with Crippen molar-refractivity contribution in [2.24, 2.45) is 11.3 Å². The third-order valence-electron chi connectivity index (χ3n) is 5.00. The first-order valence-electron chi connectivity index (χ1n) is 9.30. The van der Waals surface area contributed by atoms with Crippen LogP contribution in [0, 0.1) is 11.3 Å². The lowest BCUT2D eigenvalue weighted by atomic mass is 9.82. The van der Waals surface area contributed by atoms with Gasteiger partial charge < -0.3 is 10.1 Å². The van der Waals surface area contributed by atoms with E-state index >= 15 is 0 Å². The molecule has 1 atom stereocenters. The predicted molar refractivity (Wildman–Crippen MR) is 94.3 cm³/mol. The summed E-state index contributed by atoms with van der Waals surface area (Å²) >= 11 is 0. The molecule has 5 nitrogen and oxygen atoms in total. The van der Waals surface area contributed by atoms with E-state index in [9.17, 15) is 9.59 Å². The molecule has 1 saturated heterocycles. The maximum atomic E-state index is 13.1. The summed E-state index contributed by atoms with van der Waals surface area (Å²) in [7, 11) is 0. The average molecular weight is 338 g/mol. The van der Waals surface area contributed by atoms with Gasteiger partial charge in [-0.2, -0.15) is 0 Å². The van der Waals surface area contributed by atoms with E-state index < -0.39 is 11.8 Å². The van der Waals surface area contributed by atoms with Crippen molar-refractivity contribution in [2.45, 2.75) is 91.5 Å². The van der Waals surface area contributed by atoms with E-state index in [2.05, 4.69) is 33.0 Å². The van der Waals surface area contributed by atoms with Gasteiger partial charge in [0.1, 0.15) is 11.8 Å². The highest BCUT2D eigenvalue weighted by Gasteiger charge is 2.53. The Balaban J connectivity index is 2.25. The van der Waals surface area contributed by atoms with Crippen molar-refractivity contribution in [1.29, 1.82) is 0 Å². The van der Waals surface area contributed by atoms with E-state index in [4.69, 9.17) is 4.74 Å². The molecule has 2 aliphatic rings. The first kappa shape index (κ1) is 19.2. The second-order valence-corrected chi connectivity index (χ2v) is 9.12. The fourth-order valence-corrected chi connectivity index (χ4v) is 3.77. The lowest BCUT2D eigenvalue weighted by molar-refractivity contribution is -0.163. The Morgan fingerprint density at radius 2 is 1.83 bits per heavy atom. The minimum Gasteiger partial charge on any atom is -0.353 e. The quantitative estimate of drug-likeness (QED) is 0.860. The van der Waals surface area contributed by atoms with E-state index in [1.165, 1.54) is 0 Å². The van der Waals surface area contributed by atoms with Crippen LogP contribution >= 0.6 is 0 Å². The fraction of sp³-hybridized carbons (Fsp3) is 0.895.